The maximum atomic E-state index is 12.0. The van der Waals surface area contributed by atoms with E-state index in [0.717, 1.165) is 16.4 Å². The molecule has 5 rings (SSSR count). The van der Waals surface area contributed by atoms with E-state index in [0.29, 0.717) is 5.92 Å². The summed E-state index contributed by atoms with van der Waals surface area (Å²) in [5.74, 6) is -0.0206. The first-order chi connectivity index (χ1) is 14.2. The number of thioether (sulfide) groups is 1. The number of imidazole rings is 1. The summed E-state index contributed by atoms with van der Waals surface area (Å²) < 4.78 is 1.85. The molecule has 0 amide bonds. The molecule has 0 saturated heterocycles. The molecule has 0 bridgehead atoms. The molecule has 0 unspecified atom stereocenters. The van der Waals surface area contributed by atoms with Gasteiger partial charge in [0.2, 0.25) is 5.82 Å². The zero-order valence-electron chi connectivity index (χ0n) is 16.2. The number of carboxylic acid groups (broad SMARTS) is 1. The minimum absolute atomic E-state index is 0.126. The fraction of sp³-hybridized carbons (Fsp3) is 0.333. The maximum Gasteiger partial charge on any atom is 0.372 e. The third-order valence-corrected chi connectivity index (χ3v) is 7.67. The first-order valence-electron chi connectivity index (χ1n) is 10.4. The second-order valence-corrected chi connectivity index (χ2v) is 9.11. The Balaban J connectivity index is 1.66. The van der Waals surface area contributed by atoms with E-state index >= 15 is 0 Å². The molecular weight excluding hydrogens is 380 g/mol. The Bertz CT molecular complexity index is 1010. The van der Waals surface area contributed by atoms with E-state index in [4.69, 9.17) is 4.98 Å². The van der Waals surface area contributed by atoms with Gasteiger partial charge in [0.1, 0.15) is 5.03 Å². The number of benzene rings is 2. The zero-order chi connectivity index (χ0) is 19.8. The Labute approximate surface area is 175 Å². The molecule has 5 heteroatoms. The second kappa shape index (κ2) is 7.71. The summed E-state index contributed by atoms with van der Waals surface area (Å²) in [6, 6.07) is 20.4. The van der Waals surface area contributed by atoms with Crippen molar-refractivity contribution in [1.29, 1.82) is 0 Å². The molecule has 1 aromatic heterocycles. The number of aromatic nitrogens is 2. The van der Waals surface area contributed by atoms with Gasteiger partial charge < -0.3 is 5.11 Å². The molecule has 2 aromatic carbocycles. The molecule has 4 nitrogen and oxygen atoms in total. The Hall–Kier alpha value is -2.53. The second-order valence-electron chi connectivity index (χ2n) is 7.97. The van der Waals surface area contributed by atoms with Crippen molar-refractivity contribution in [1.82, 2.24) is 9.55 Å². The standard InChI is InChI=1S/C24H24N2O2S/c27-24(28)22-25-20-19(16-10-4-1-5-11-16)21(17-12-6-2-7-13-17)29-23(20)26(22)18-14-8-3-9-15-18/h2-3,6-9,12-16,19,21H,1,4-5,10-11H2,(H,27,28)/t19-,21+/m0/s1. The van der Waals surface area contributed by atoms with Gasteiger partial charge in [-0.3, -0.25) is 4.57 Å². The Morgan fingerprint density at radius 3 is 2.28 bits per heavy atom. The number of hydrogen-bond donors (Lipinski definition) is 1. The van der Waals surface area contributed by atoms with Gasteiger partial charge in [-0.25, -0.2) is 9.78 Å². The van der Waals surface area contributed by atoms with Crippen LogP contribution in [-0.4, -0.2) is 20.6 Å². The predicted molar refractivity (Wildman–Crippen MR) is 115 cm³/mol. The van der Waals surface area contributed by atoms with Crippen molar-refractivity contribution in [2.24, 2.45) is 5.92 Å². The molecule has 1 fully saturated rings. The highest BCUT2D eigenvalue weighted by molar-refractivity contribution is 7.99. The van der Waals surface area contributed by atoms with Gasteiger partial charge >= 0.3 is 5.97 Å². The lowest BCUT2D eigenvalue weighted by Crippen LogP contribution is -2.19. The molecule has 2 heterocycles. The van der Waals surface area contributed by atoms with Crippen LogP contribution in [-0.2, 0) is 0 Å². The van der Waals surface area contributed by atoms with E-state index in [1.807, 2.05) is 34.9 Å². The number of para-hydroxylation sites is 1. The van der Waals surface area contributed by atoms with Gasteiger partial charge in [0.05, 0.1) is 5.69 Å². The Morgan fingerprint density at radius 1 is 0.966 bits per heavy atom. The molecule has 2 atom stereocenters. The summed E-state index contributed by atoms with van der Waals surface area (Å²) in [6.07, 6.45) is 6.23. The number of hydrogen-bond acceptors (Lipinski definition) is 3. The topological polar surface area (TPSA) is 55.1 Å². The van der Waals surface area contributed by atoms with Crippen LogP contribution in [0.2, 0.25) is 0 Å². The summed E-state index contributed by atoms with van der Waals surface area (Å²) >= 11 is 1.79. The zero-order valence-corrected chi connectivity index (χ0v) is 17.0. The van der Waals surface area contributed by atoms with Crippen molar-refractivity contribution in [3.63, 3.8) is 0 Å². The molecule has 0 spiro atoms. The van der Waals surface area contributed by atoms with Gasteiger partial charge in [0.25, 0.3) is 0 Å². The van der Waals surface area contributed by atoms with Crippen LogP contribution >= 0.6 is 11.8 Å². The van der Waals surface area contributed by atoms with Crippen molar-refractivity contribution in [2.75, 3.05) is 0 Å². The monoisotopic (exact) mass is 404 g/mol. The van der Waals surface area contributed by atoms with Crippen LogP contribution in [0.5, 0.6) is 0 Å². The normalized spacial score (nSPS) is 21.8. The highest BCUT2D eigenvalue weighted by atomic mass is 32.2. The average molecular weight is 405 g/mol. The van der Waals surface area contributed by atoms with Crippen LogP contribution in [0.3, 0.4) is 0 Å². The van der Waals surface area contributed by atoms with Gasteiger partial charge in [-0.05, 0) is 36.5 Å². The molecule has 29 heavy (non-hydrogen) atoms. The average Bonchev–Trinajstić information content (AvgIpc) is 3.32. The molecule has 148 valence electrons. The Kier molecular flexibility index (Phi) is 4.92. The number of nitrogens with zero attached hydrogens (tertiary/aromatic N) is 2. The highest BCUT2D eigenvalue weighted by Gasteiger charge is 2.44. The van der Waals surface area contributed by atoms with Crippen LogP contribution in [0.15, 0.2) is 65.7 Å². The summed E-state index contributed by atoms with van der Waals surface area (Å²) in [4.78, 5) is 16.8. The first kappa shape index (κ1) is 18.5. The van der Waals surface area contributed by atoms with E-state index < -0.39 is 5.97 Å². The lowest BCUT2D eigenvalue weighted by molar-refractivity contribution is 0.0680. The van der Waals surface area contributed by atoms with Crippen molar-refractivity contribution in [2.45, 2.75) is 48.3 Å². The fourth-order valence-corrected chi connectivity index (χ4v) is 6.56. The van der Waals surface area contributed by atoms with Crippen LogP contribution < -0.4 is 0 Å². The summed E-state index contributed by atoms with van der Waals surface area (Å²) in [5, 5.41) is 11.2. The lowest BCUT2D eigenvalue weighted by atomic mass is 9.76. The van der Waals surface area contributed by atoms with Gasteiger partial charge in [0, 0.05) is 16.9 Å². The predicted octanol–water partition coefficient (Wildman–Crippen LogP) is 6.08. The molecule has 3 aromatic rings. The Morgan fingerprint density at radius 2 is 1.62 bits per heavy atom. The third kappa shape index (κ3) is 3.27. The lowest BCUT2D eigenvalue weighted by Gasteiger charge is -2.31. The quantitative estimate of drug-likeness (QED) is 0.572. The van der Waals surface area contributed by atoms with Crippen LogP contribution in [0, 0.1) is 5.92 Å². The van der Waals surface area contributed by atoms with Gasteiger partial charge in [-0.1, -0.05) is 79.6 Å². The van der Waals surface area contributed by atoms with Gasteiger partial charge in [0.15, 0.2) is 0 Å². The number of carboxylic acids is 1. The molecule has 1 N–H and O–H groups in total. The first-order valence-corrected chi connectivity index (χ1v) is 11.2. The number of carbonyl (C=O) groups is 1. The smallest absolute Gasteiger partial charge is 0.372 e. The number of rotatable bonds is 4. The minimum atomic E-state index is -0.970. The van der Waals surface area contributed by atoms with E-state index in [-0.39, 0.29) is 17.0 Å². The molecule has 2 aliphatic rings. The van der Waals surface area contributed by atoms with Gasteiger partial charge in [-0.15, -0.1) is 0 Å². The van der Waals surface area contributed by atoms with E-state index in [1.165, 1.54) is 37.7 Å². The van der Waals surface area contributed by atoms with E-state index in [9.17, 15) is 9.90 Å². The molecule has 0 radical (unpaired) electrons. The van der Waals surface area contributed by atoms with Crippen LogP contribution in [0.25, 0.3) is 5.69 Å². The fourth-order valence-electron chi connectivity index (χ4n) is 4.93. The van der Waals surface area contributed by atoms with E-state index in [2.05, 4.69) is 30.3 Å². The number of aromatic carboxylic acids is 1. The maximum absolute atomic E-state index is 12.0. The van der Waals surface area contributed by atoms with Crippen molar-refractivity contribution in [3.05, 3.63) is 77.7 Å². The van der Waals surface area contributed by atoms with Crippen LogP contribution in [0.4, 0.5) is 0 Å². The molecule has 1 aliphatic carbocycles. The largest absolute Gasteiger partial charge is 0.475 e. The van der Waals surface area contributed by atoms with Crippen molar-refractivity contribution in [3.8, 4) is 5.69 Å². The van der Waals surface area contributed by atoms with E-state index in [1.54, 1.807) is 11.8 Å². The van der Waals surface area contributed by atoms with Crippen molar-refractivity contribution >= 4 is 17.7 Å². The van der Waals surface area contributed by atoms with Crippen molar-refractivity contribution < 1.29 is 9.90 Å². The number of fused-ring (bicyclic) bond motifs is 1. The third-order valence-electron chi connectivity index (χ3n) is 6.23. The SMILES string of the molecule is O=C(O)c1nc2c(n1-c1ccccc1)S[C@H](c1ccccc1)[C@H]2C1CCCCC1. The van der Waals surface area contributed by atoms with Crippen LogP contribution in [0.1, 0.15) is 65.1 Å². The molecular formula is C24H24N2O2S. The summed E-state index contributed by atoms with van der Waals surface area (Å²) in [5.41, 5.74) is 3.15. The summed E-state index contributed by atoms with van der Waals surface area (Å²) in [6.45, 7) is 0. The molecule has 1 aliphatic heterocycles. The minimum Gasteiger partial charge on any atom is -0.475 e. The molecule has 1 saturated carbocycles. The van der Waals surface area contributed by atoms with Gasteiger partial charge in [-0.2, -0.15) is 0 Å². The highest BCUT2D eigenvalue weighted by Crippen LogP contribution is 2.59. The summed E-state index contributed by atoms with van der Waals surface area (Å²) in [7, 11) is 0.